The van der Waals surface area contributed by atoms with Crippen molar-refractivity contribution in [2.24, 2.45) is 13.0 Å². The second-order valence-electron chi connectivity index (χ2n) is 12.0. The number of piperazine rings is 1. The van der Waals surface area contributed by atoms with Crippen LogP contribution < -0.4 is 15.7 Å². The van der Waals surface area contributed by atoms with Crippen molar-refractivity contribution < 1.29 is 14.3 Å². The molecule has 0 radical (unpaired) electrons. The zero-order valence-electron chi connectivity index (χ0n) is 24.8. The summed E-state index contributed by atoms with van der Waals surface area (Å²) in [6.07, 6.45) is 3.10. The van der Waals surface area contributed by atoms with E-state index in [0.717, 1.165) is 73.9 Å². The highest BCUT2D eigenvalue weighted by molar-refractivity contribution is 6.00. The Hall–Kier alpha value is -3.47. The standard InChI is InChI=1S/C32H42N6O4/c1-34-29-19-25(21-36-17-15-35(16-18-36)20-24-11-13-33-14-12-24)5-8-27(29)38(32(34)41)28-9-10-30(39)37(31(28)40)22-23-3-6-26(42-2)7-4-23/h3-8,19,24,28,33H,9-18,20-22H2,1-2H3. The Bertz CT molecular complexity index is 1480. The van der Waals surface area contributed by atoms with E-state index in [9.17, 15) is 14.4 Å². The molecular weight excluding hydrogens is 532 g/mol. The first-order valence-electron chi connectivity index (χ1n) is 15.2. The van der Waals surface area contributed by atoms with E-state index in [1.807, 2.05) is 30.3 Å². The number of hydrogen-bond acceptors (Lipinski definition) is 7. The summed E-state index contributed by atoms with van der Waals surface area (Å²) in [6.45, 7) is 8.77. The third kappa shape index (κ3) is 5.88. The van der Waals surface area contributed by atoms with Crippen molar-refractivity contribution in [2.45, 2.75) is 44.8 Å². The molecule has 3 fully saturated rings. The van der Waals surface area contributed by atoms with E-state index in [1.165, 1.54) is 24.3 Å². The van der Waals surface area contributed by atoms with Gasteiger partial charge in [-0.3, -0.25) is 28.5 Å². The van der Waals surface area contributed by atoms with Crippen molar-refractivity contribution >= 4 is 22.8 Å². The van der Waals surface area contributed by atoms with Crippen LogP contribution in [0.2, 0.25) is 0 Å². The van der Waals surface area contributed by atoms with Crippen LogP contribution in [0.3, 0.4) is 0 Å². The Labute approximate surface area is 246 Å². The van der Waals surface area contributed by atoms with Gasteiger partial charge in [0.05, 0.1) is 24.7 Å². The van der Waals surface area contributed by atoms with Crippen molar-refractivity contribution in [3.8, 4) is 5.75 Å². The summed E-state index contributed by atoms with van der Waals surface area (Å²) < 4.78 is 8.44. The molecule has 1 N–H and O–H groups in total. The van der Waals surface area contributed by atoms with Crippen LogP contribution in [-0.2, 0) is 29.7 Å². The number of imidazole rings is 1. The van der Waals surface area contributed by atoms with Gasteiger partial charge in [-0.2, -0.15) is 0 Å². The van der Waals surface area contributed by atoms with Gasteiger partial charge < -0.3 is 15.0 Å². The molecule has 3 aliphatic rings. The number of ether oxygens (including phenoxy) is 1. The number of hydrogen-bond donors (Lipinski definition) is 1. The maximum atomic E-state index is 13.6. The monoisotopic (exact) mass is 574 g/mol. The normalized spacial score (nSPS) is 21.4. The molecule has 3 saturated heterocycles. The van der Waals surface area contributed by atoms with Gasteiger partial charge in [-0.05, 0) is 73.7 Å². The van der Waals surface area contributed by atoms with Crippen LogP contribution in [0, 0.1) is 5.92 Å². The molecule has 10 nitrogen and oxygen atoms in total. The average molecular weight is 575 g/mol. The maximum Gasteiger partial charge on any atom is 0.329 e. The van der Waals surface area contributed by atoms with E-state index in [1.54, 1.807) is 23.3 Å². The van der Waals surface area contributed by atoms with Gasteiger partial charge in [0.2, 0.25) is 5.91 Å². The molecule has 0 saturated carbocycles. The number of amides is 2. The van der Waals surface area contributed by atoms with Crippen molar-refractivity contribution in [3.05, 3.63) is 64.1 Å². The molecule has 224 valence electrons. The van der Waals surface area contributed by atoms with Gasteiger partial charge in [-0.25, -0.2) is 4.79 Å². The number of fused-ring (bicyclic) bond motifs is 1. The second kappa shape index (κ2) is 12.4. The minimum atomic E-state index is -0.712. The number of methoxy groups -OCH3 is 1. The summed E-state index contributed by atoms with van der Waals surface area (Å²) in [4.78, 5) is 46.3. The largest absolute Gasteiger partial charge is 0.497 e. The maximum absolute atomic E-state index is 13.6. The van der Waals surface area contributed by atoms with Gasteiger partial charge >= 0.3 is 5.69 Å². The molecule has 0 spiro atoms. The summed E-state index contributed by atoms with van der Waals surface area (Å²) in [5, 5.41) is 3.46. The van der Waals surface area contributed by atoms with E-state index < -0.39 is 6.04 Å². The summed E-state index contributed by atoms with van der Waals surface area (Å²) in [6, 6.07) is 12.7. The molecule has 3 aromatic rings. The fraction of sp³-hybridized carbons (Fsp3) is 0.531. The summed E-state index contributed by atoms with van der Waals surface area (Å²) in [5.74, 6) is 0.986. The summed E-state index contributed by atoms with van der Waals surface area (Å²) >= 11 is 0. The molecule has 10 heteroatoms. The highest BCUT2D eigenvalue weighted by Gasteiger charge is 2.37. The van der Waals surface area contributed by atoms with Crippen molar-refractivity contribution in [1.82, 2.24) is 29.2 Å². The number of nitrogens with zero attached hydrogens (tertiary/aromatic N) is 5. The Morgan fingerprint density at radius 2 is 1.52 bits per heavy atom. The Kier molecular flexibility index (Phi) is 8.46. The third-order valence-electron chi connectivity index (χ3n) is 9.30. The first-order chi connectivity index (χ1) is 20.4. The van der Waals surface area contributed by atoms with Crippen LogP contribution in [0.4, 0.5) is 0 Å². The SMILES string of the molecule is COc1ccc(CN2C(=O)CCC(n3c(=O)n(C)c4cc(CN5CCN(CC6CCNCC6)CC5)ccc43)C2=O)cc1. The van der Waals surface area contributed by atoms with Crippen LogP contribution in [0.1, 0.15) is 42.9 Å². The van der Waals surface area contributed by atoms with Gasteiger partial charge in [0.15, 0.2) is 0 Å². The molecule has 42 heavy (non-hydrogen) atoms. The van der Waals surface area contributed by atoms with Gasteiger partial charge in [-0.15, -0.1) is 0 Å². The molecule has 4 heterocycles. The molecule has 2 amide bonds. The molecule has 2 aromatic carbocycles. The number of imide groups is 1. The predicted octanol–water partition coefficient (Wildman–Crippen LogP) is 2.36. The molecular formula is C32H42N6O4. The van der Waals surface area contributed by atoms with Crippen molar-refractivity contribution in [3.63, 3.8) is 0 Å². The second-order valence-corrected chi connectivity index (χ2v) is 12.0. The summed E-state index contributed by atoms with van der Waals surface area (Å²) in [5.41, 5.74) is 3.31. The highest BCUT2D eigenvalue weighted by Crippen LogP contribution is 2.29. The lowest BCUT2D eigenvalue weighted by Gasteiger charge is -2.37. The van der Waals surface area contributed by atoms with Crippen LogP contribution in [-0.4, -0.2) is 88.6 Å². The molecule has 1 atom stereocenters. The number of aromatic nitrogens is 2. The number of rotatable bonds is 8. The number of aryl methyl sites for hydroxylation is 1. The van der Waals surface area contributed by atoms with E-state index in [2.05, 4.69) is 27.2 Å². The van der Waals surface area contributed by atoms with E-state index in [4.69, 9.17) is 4.74 Å². The first-order valence-corrected chi connectivity index (χ1v) is 15.2. The predicted molar refractivity (Wildman–Crippen MR) is 161 cm³/mol. The lowest BCUT2D eigenvalue weighted by molar-refractivity contribution is -0.151. The minimum absolute atomic E-state index is 0.174. The average Bonchev–Trinajstić information content (AvgIpc) is 3.26. The van der Waals surface area contributed by atoms with Gasteiger partial charge in [0.1, 0.15) is 11.8 Å². The molecule has 3 aliphatic heterocycles. The highest BCUT2D eigenvalue weighted by atomic mass is 16.5. The van der Waals surface area contributed by atoms with E-state index >= 15 is 0 Å². The number of nitrogens with one attached hydrogen (secondary N) is 1. The zero-order valence-corrected chi connectivity index (χ0v) is 24.8. The Balaban J connectivity index is 1.15. The van der Waals surface area contributed by atoms with Crippen LogP contribution in [0.15, 0.2) is 47.3 Å². The fourth-order valence-corrected chi connectivity index (χ4v) is 6.77. The summed E-state index contributed by atoms with van der Waals surface area (Å²) in [7, 11) is 3.36. The number of benzene rings is 2. The smallest absolute Gasteiger partial charge is 0.329 e. The van der Waals surface area contributed by atoms with E-state index in [0.29, 0.717) is 12.2 Å². The lowest BCUT2D eigenvalue weighted by Crippen LogP contribution is -2.48. The molecule has 0 aliphatic carbocycles. The van der Waals surface area contributed by atoms with Crippen molar-refractivity contribution in [2.75, 3.05) is 52.9 Å². The number of piperidine rings is 2. The van der Waals surface area contributed by atoms with Gasteiger partial charge in [-0.1, -0.05) is 18.2 Å². The lowest BCUT2D eigenvalue weighted by atomic mass is 9.97. The quantitative estimate of drug-likeness (QED) is 0.413. The number of carbonyl (C=O) groups is 2. The van der Waals surface area contributed by atoms with Crippen LogP contribution in [0.5, 0.6) is 5.75 Å². The van der Waals surface area contributed by atoms with Crippen LogP contribution >= 0.6 is 0 Å². The van der Waals surface area contributed by atoms with Gasteiger partial charge in [0.25, 0.3) is 5.91 Å². The third-order valence-corrected chi connectivity index (χ3v) is 9.30. The molecule has 1 aromatic heterocycles. The number of likely N-dealkylation sites (tertiary alicyclic amines) is 1. The Morgan fingerprint density at radius 3 is 2.24 bits per heavy atom. The fourth-order valence-electron chi connectivity index (χ4n) is 6.77. The minimum Gasteiger partial charge on any atom is -0.497 e. The topological polar surface area (TPSA) is 92.1 Å². The Morgan fingerprint density at radius 1 is 0.833 bits per heavy atom. The molecule has 1 unspecified atom stereocenters. The van der Waals surface area contributed by atoms with Crippen molar-refractivity contribution in [1.29, 1.82) is 0 Å². The zero-order chi connectivity index (χ0) is 29.2. The first kappa shape index (κ1) is 28.6. The molecule has 6 rings (SSSR count). The van der Waals surface area contributed by atoms with Gasteiger partial charge in [0, 0.05) is 52.7 Å². The number of carbonyl (C=O) groups excluding carboxylic acids is 2. The van der Waals surface area contributed by atoms with Crippen LogP contribution in [0.25, 0.3) is 11.0 Å². The van der Waals surface area contributed by atoms with E-state index in [-0.39, 0.29) is 30.5 Å². The molecule has 0 bridgehead atoms.